The van der Waals surface area contributed by atoms with Crippen LogP contribution in [0.25, 0.3) is 21.9 Å². The summed E-state index contributed by atoms with van der Waals surface area (Å²) >= 11 is 0. The highest BCUT2D eigenvalue weighted by Crippen LogP contribution is 2.39. The standard InChI is InChI=1S/C23H25N3O2/c1-25-11-9-17(10-12-25)26(2)23-19-6-4-3-5-18(19)20(14-24-23)16-7-8-21-22(13-16)28-15-27-21/h3-8,13-14,17H,9-12,15H2,1-2H3. The molecule has 0 N–H and O–H groups in total. The second-order valence-corrected chi connectivity index (χ2v) is 7.75. The predicted octanol–water partition coefficient (Wildman–Crippen LogP) is 4.16. The molecular formula is C23H25N3O2. The molecule has 28 heavy (non-hydrogen) atoms. The SMILES string of the molecule is CN1CCC(N(C)c2ncc(-c3ccc4c(c3)OCO4)c3ccccc23)CC1. The molecule has 0 saturated carbocycles. The average molecular weight is 375 g/mol. The van der Waals surface area contributed by atoms with Crippen molar-refractivity contribution in [2.45, 2.75) is 18.9 Å². The molecule has 1 saturated heterocycles. The molecule has 3 aromatic rings. The van der Waals surface area contributed by atoms with Crippen molar-refractivity contribution in [2.75, 3.05) is 38.9 Å². The summed E-state index contributed by atoms with van der Waals surface area (Å²) in [6.07, 6.45) is 4.35. The molecule has 3 heterocycles. The van der Waals surface area contributed by atoms with Gasteiger partial charge in [-0.25, -0.2) is 4.98 Å². The zero-order valence-electron chi connectivity index (χ0n) is 16.4. The summed E-state index contributed by atoms with van der Waals surface area (Å²) in [5.74, 6) is 2.67. The van der Waals surface area contributed by atoms with Gasteiger partial charge in [0.2, 0.25) is 6.79 Å². The Hall–Kier alpha value is -2.79. The highest BCUT2D eigenvalue weighted by Gasteiger charge is 2.23. The molecule has 2 aliphatic rings. The number of likely N-dealkylation sites (tertiary alicyclic amines) is 1. The second-order valence-electron chi connectivity index (χ2n) is 7.75. The van der Waals surface area contributed by atoms with Gasteiger partial charge in [-0.15, -0.1) is 0 Å². The number of hydrogen-bond acceptors (Lipinski definition) is 5. The number of anilines is 1. The maximum absolute atomic E-state index is 5.57. The first kappa shape index (κ1) is 17.3. The van der Waals surface area contributed by atoms with E-state index in [1.807, 2.05) is 18.3 Å². The van der Waals surface area contributed by atoms with Gasteiger partial charge in [-0.05, 0) is 56.1 Å². The van der Waals surface area contributed by atoms with E-state index in [0.29, 0.717) is 6.04 Å². The van der Waals surface area contributed by atoms with Crippen molar-refractivity contribution in [3.8, 4) is 22.6 Å². The number of piperidine rings is 1. The summed E-state index contributed by atoms with van der Waals surface area (Å²) < 4.78 is 11.0. The summed E-state index contributed by atoms with van der Waals surface area (Å²) in [7, 11) is 4.38. The third kappa shape index (κ3) is 2.96. The highest BCUT2D eigenvalue weighted by atomic mass is 16.7. The largest absolute Gasteiger partial charge is 0.454 e. The third-order valence-corrected chi connectivity index (χ3v) is 6.03. The fourth-order valence-electron chi connectivity index (χ4n) is 4.31. The highest BCUT2D eigenvalue weighted by molar-refractivity contribution is 6.02. The summed E-state index contributed by atoms with van der Waals surface area (Å²) in [5, 5.41) is 2.41. The molecule has 2 aromatic carbocycles. The fourth-order valence-corrected chi connectivity index (χ4v) is 4.31. The molecule has 0 aliphatic carbocycles. The van der Waals surface area contributed by atoms with Crippen LogP contribution in [0.5, 0.6) is 11.5 Å². The molecule has 0 amide bonds. The predicted molar refractivity (Wildman–Crippen MR) is 112 cm³/mol. The normalized spacial score (nSPS) is 17.2. The molecule has 2 aliphatic heterocycles. The van der Waals surface area contributed by atoms with Crippen LogP contribution in [0, 0.1) is 0 Å². The lowest BCUT2D eigenvalue weighted by Gasteiger charge is -2.36. The number of hydrogen-bond donors (Lipinski definition) is 0. The van der Waals surface area contributed by atoms with Crippen LogP contribution in [0.4, 0.5) is 5.82 Å². The quantitative estimate of drug-likeness (QED) is 0.687. The van der Waals surface area contributed by atoms with Gasteiger partial charge in [0.15, 0.2) is 11.5 Å². The van der Waals surface area contributed by atoms with Gasteiger partial charge in [-0.3, -0.25) is 0 Å². The van der Waals surface area contributed by atoms with Crippen LogP contribution in [0.2, 0.25) is 0 Å². The molecule has 0 atom stereocenters. The Morgan fingerprint density at radius 1 is 1.00 bits per heavy atom. The molecule has 0 bridgehead atoms. The van der Waals surface area contributed by atoms with Gasteiger partial charge in [0.25, 0.3) is 0 Å². The average Bonchev–Trinajstić information content (AvgIpc) is 3.21. The van der Waals surface area contributed by atoms with Crippen LogP contribution in [0.15, 0.2) is 48.7 Å². The Kier molecular flexibility index (Phi) is 4.32. The molecule has 5 heteroatoms. The lowest BCUT2D eigenvalue weighted by atomic mass is 9.98. The number of aromatic nitrogens is 1. The minimum atomic E-state index is 0.290. The number of benzene rings is 2. The van der Waals surface area contributed by atoms with E-state index in [9.17, 15) is 0 Å². The maximum atomic E-state index is 5.57. The molecular weight excluding hydrogens is 350 g/mol. The number of pyridine rings is 1. The molecule has 0 radical (unpaired) electrons. The molecule has 0 spiro atoms. The number of ether oxygens (including phenoxy) is 2. The van der Waals surface area contributed by atoms with Crippen LogP contribution in [0.3, 0.4) is 0 Å². The van der Waals surface area contributed by atoms with E-state index in [2.05, 4.69) is 54.2 Å². The van der Waals surface area contributed by atoms with Gasteiger partial charge < -0.3 is 19.3 Å². The van der Waals surface area contributed by atoms with Crippen LogP contribution in [0.1, 0.15) is 12.8 Å². The topological polar surface area (TPSA) is 37.8 Å². The van der Waals surface area contributed by atoms with Crippen molar-refractivity contribution in [1.82, 2.24) is 9.88 Å². The van der Waals surface area contributed by atoms with E-state index < -0.39 is 0 Å². The van der Waals surface area contributed by atoms with Crippen LogP contribution in [-0.2, 0) is 0 Å². The maximum Gasteiger partial charge on any atom is 0.231 e. The molecule has 144 valence electrons. The van der Waals surface area contributed by atoms with Gasteiger partial charge in [-0.1, -0.05) is 30.3 Å². The molecule has 1 aromatic heterocycles. The van der Waals surface area contributed by atoms with E-state index >= 15 is 0 Å². The first-order valence-electron chi connectivity index (χ1n) is 9.90. The summed E-state index contributed by atoms with van der Waals surface area (Å²) in [6, 6.07) is 15.2. The van der Waals surface area contributed by atoms with Crippen molar-refractivity contribution >= 4 is 16.6 Å². The Morgan fingerprint density at radius 2 is 1.75 bits per heavy atom. The Labute approximate surface area is 165 Å². The van der Waals surface area contributed by atoms with Crippen molar-refractivity contribution in [1.29, 1.82) is 0 Å². The monoisotopic (exact) mass is 375 g/mol. The van der Waals surface area contributed by atoms with Gasteiger partial charge in [-0.2, -0.15) is 0 Å². The first-order valence-corrected chi connectivity index (χ1v) is 9.90. The minimum absolute atomic E-state index is 0.290. The fraction of sp³-hybridized carbons (Fsp3) is 0.348. The van der Waals surface area contributed by atoms with Crippen molar-refractivity contribution in [2.24, 2.45) is 0 Å². The molecule has 5 nitrogen and oxygen atoms in total. The summed E-state index contributed by atoms with van der Waals surface area (Å²) in [6.45, 7) is 2.57. The Bertz CT molecular complexity index is 1010. The summed E-state index contributed by atoms with van der Waals surface area (Å²) in [5.41, 5.74) is 2.22. The molecule has 1 fully saturated rings. The zero-order chi connectivity index (χ0) is 19.1. The van der Waals surface area contributed by atoms with Gasteiger partial charge in [0.1, 0.15) is 5.82 Å². The number of rotatable bonds is 3. The van der Waals surface area contributed by atoms with Crippen LogP contribution >= 0.6 is 0 Å². The van der Waals surface area contributed by atoms with Gasteiger partial charge in [0.05, 0.1) is 0 Å². The van der Waals surface area contributed by atoms with E-state index in [0.717, 1.165) is 41.5 Å². The van der Waals surface area contributed by atoms with E-state index in [1.165, 1.54) is 23.6 Å². The van der Waals surface area contributed by atoms with E-state index in [-0.39, 0.29) is 6.79 Å². The Balaban J connectivity index is 1.56. The lowest BCUT2D eigenvalue weighted by Crippen LogP contribution is -2.42. The van der Waals surface area contributed by atoms with Crippen molar-refractivity contribution in [3.63, 3.8) is 0 Å². The minimum Gasteiger partial charge on any atom is -0.454 e. The van der Waals surface area contributed by atoms with Gasteiger partial charge in [0, 0.05) is 30.2 Å². The van der Waals surface area contributed by atoms with E-state index in [1.54, 1.807) is 0 Å². The molecule has 0 unspecified atom stereocenters. The van der Waals surface area contributed by atoms with E-state index in [4.69, 9.17) is 14.5 Å². The molecule has 5 rings (SSSR count). The summed E-state index contributed by atoms with van der Waals surface area (Å²) in [4.78, 5) is 9.69. The lowest BCUT2D eigenvalue weighted by molar-refractivity contribution is 0.174. The first-order chi connectivity index (χ1) is 13.7. The third-order valence-electron chi connectivity index (χ3n) is 6.03. The van der Waals surface area contributed by atoms with Crippen molar-refractivity contribution in [3.05, 3.63) is 48.7 Å². The zero-order valence-corrected chi connectivity index (χ0v) is 16.4. The Morgan fingerprint density at radius 3 is 2.57 bits per heavy atom. The van der Waals surface area contributed by atoms with Crippen LogP contribution < -0.4 is 14.4 Å². The van der Waals surface area contributed by atoms with Crippen molar-refractivity contribution < 1.29 is 9.47 Å². The number of fused-ring (bicyclic) bond motifs is 2. The number of nitrogens with zero attached hydrogens (tertiary/aromatic N) is 3. The smallest absolute Gasteiger partial charge is 0.231 e. The van der Waals surface area contributed by atoms with Crippen LogP contribution in [-0.4, -0.2) is 49.9 Å². The van der Waals surface area contributed by atoms with Gasteiger partial charge >= 0.3 is 0 Å². The second kappa shape index (κ2) is 6.99.